The molecule has 0 spiro atoms. The molecular weight excluding hydrogens is 458 g/mol. The first-order valence-electron chi connectivity index (χ1n) is 13.5. The van der Waals surface area contributed by atoms with E-state index in [1.807, 2.05) is 15.8 Å². The number of nitrogens with one attached hydrogen (secondary N) is 1. The summed E-state index contributed by atoms with van der Waals surface area (Å²) in [6, 6.07) is 1.97. The van der Waals surface area contributed by atoms with E-state index in [-0.39, 0.29) is 11.5 Å². The molecule has 1 N–H and O–H groups in total. The molecule has 0 aliphatic heterocycles. The van der Waals surface area contributed by atoms with E-state index in [4.69, 9.17) is 0 Å². The smallest absolute Gasteiger partial charge is 0.272 e. The second-order valence-electron chi connectivity index (χ2n) is 12.1. The third kappa shape index (κ3) is 4.32. The van der Waals surface area contributed by atoms with Crippen molar-refractivity contribution in [1.29, 1.82) is 0 Å². The van der Waals surface area contributed by atoms with Gasteiger partial charge in [-0.1, -0.05) is 13.8 Å². The summed E-state index contributed by atoms with van der Waals surface area (Å²) in [7, 11) is 0. The van der Waals surface area contributed by atoms with E-state index in [1.54, 1.807) is 4.57 Å². The molecule has 0 atom stereocenters. The van der Waals surface area contributed by atoms with Gasteiger partial charge in [-0.15, -0.1) is 21.5 Å². The molecule has 0 unspecified atom stereocenters. The highest BCUT2D eigenvalue weighted by molar-refractivity contribution is 7.17. The zero-order chi connectivity index (χ0) is 24.2. The fourth-order valence-electron chi connectivity index (χ4n) is 7.83. The Balaban J connectivity index is 1.07. The number of hydrogen-bond acceptors (Lipinski definition) is 5. The van der Waals surface area contributed by atoms with Crippen molar-refractivity contribution in [3.63, 3.8) is 0 Å². The van der Waals surface area contributed by atoms with E-state index >= 15 is 0 Å². The van der Waals surface area contributed by atoms with Crippen LogP contribution < -0.4 is 10.9 Å². The predicted molar refractivity (Wildman–Crippen MR) is 139 cm³/mol. The zero-order valence-corrected chi connectivity index (χ0v) is 21.8. The third-order valence-electron chi connectivity index (χ3n) is 8.77. The summed E-state index contributed by atoms with van der Waals surface area (Å²) in [5.74, 6) is 4.77. The second-order valence-corrected chi connectivity index (χ2v) is 13.0. The Bertz CT molecular complexity index is 1270. The molecule has 4 aliphatic rings. The largest absolute Gasteiger partial charge is 0.356 e. The maximum Gasteiger partial charge on any atom is 0.272 e. The highest BCUT2D eigenvalue weighted by atomic mass is 32.1. The van der Waals surface area contributed by atoms with Crippen LogP contribution in [0.1, 0.15) is 77.5 Å². The van der Waals surface area contributed by atoms with Gasteiger partial charge in [-0.25, -0.2) is 0 Å². The lowest BCUT2D eigenvalue weighted by Crippen LogP contribution is -2.47. The van der Waals surface area contributed by atoms with Gasteiger partial charge < -0.3 is 5.32 Å². The minimum absolute atomic E-state index is 0.00792. The minimum Gasteiger partial charge on any atom is -0.356 e. The summed E-state index contributed by atoms with van der Waals surface area (Å²) in [6.45, 7) is 5.62. The van der Waals surface area contributed by atoms with Crippen LogP contribution in [-0.4, -0.2) is 31.6 Å². The summed E-state index contributed by atoms with van der Waals surface area (Å²) in [5.41, 5.74) is 1.39. The first-order valence-corrected chi connectivity index (χ1v) is 14.4. The normalized spacial score (nSPS) is 27.5. The molecule has 7 rings (SSSR count). The van der Waals surface area contributed by atoms with Crippen LogP contribution in [0.3, 0.4) is 0 Å². The highest BCUT2D eigenvalue weighted by Gasteiger charge is 2.50. The van der Waals surface area contributed by atoms with Crippen LogP contribution in [0.25, 0.3) is 16.0 Å². The van der Waals surface area contributed by atoms with Crippen LogP contribution in [0.2, 0.25) is 0 Å². The minimum atomic E-state index is 0.00792. The van der Waals surface area contributed by atoms with E-state index in [0.29, 0.717) is 36.5 Å². The number of carbonyl (C=O) groups excluding carboxylic acids is 1. The molecule has 7 nitrogen and oxygen atoms in total. The number of aromatic nitrogens is 4. The number of aryl methyl sites for hydroxylation is 1. The van der Waals surface area contributed by atoms with Gasteiger partial charge in [-0.05, 0) is 91.9 Å². The highest BCUT2D eigenvalue weighted by Crippen LogP contribution is 2.61. The Morgan fingerprint density at radius 1 is 1.17 bits per heavy atom. The van der Waals surface area contributed by atoms with Gasteiger partial charge in [0.25, 0.3) is 5.56 Å². The summed E-state index contributed by atoms with van der Waals surface area (Å²) in [4.78, 5) is 25.6. The van der Waals surface area contributed by atoms with Crippen molar-refractivity contribution >= 4 is 33.2 Å². The molecule has 0 radical (unpaired) electrons. The van der Waals surface area contributed by atoms with Crippen molar-refractivity contribution in [3.05, 3.63) is 27.6 Å². The van der Waals surface area contributed by atoms with Crippen LogP contribution in [0, 0.1) is 29.1 Å². The first-order chi connectivity index (χ1) is 16.9. The molecule has 4 bridgehead atoms. The first kappa shape index (κ1) is 23.2. The number of hydrogen-bond donors (Lipinski definition) is 1. The van der Waals surface area contributed by atoms with E-state index in [1.165, 1.54) is 49.9 Å². The number of carbonyl (C=O) groups is 1. The predicted octanol–water partition coefficient (Wildman–Crippen LogP) is 4.81. The van der Waals surface area contributed by atoms with Crippen molar-refractivity contribution in [2.75, 3.05) is 6.54 Å². The van der Waals surface area contributed by atoms with Crippen molar-refractivity contribution in [2.45, 2.75) is 84.6 Å². The molecule has 188 valence electrons. The number of rotatable bonds is 9. The van der Waals surface area contributed by atoms with E-state index in [9.17, 15) is 9.59 Å². The molecule has 4 aliphatic carbocycles. The third-order valence-corrected chi connectivity index (χ3v) is 9.67. The quantitative estimate of drug-likeness (QED) is 0.462. The molecule has 4 fully saturated rings. The molecule has 3 heterocycles. The number of nitrogens with zero attached hydrogens (tertiary/aromatic N) is 4. The van der Waals surface area contributed by atoms with Gasteiger partial charge in [0.15, 0.2) is 0 Å². The van der Waals surface area contributed by atoms with Gasteiger partial charge >= 0.3 is 0 Å². The monoisotopic (exact) mass is 495 g/mol. The SMILES string of the molecule is CC(C)Cn1c(=O)c2sccc2n2c(CCCC(=O)NCCC34CC5CC(CC(C5)C3)C4)nnc12. The molecule has 1 amide bonds. The molecule has 3 aromatic rings. The van der Waals surface area contributed by atoms with Gasteiger partial charge in [-0.2, -0.15) is 0 Å². The molecule has 3 aromatic heterocycles. The topological polar surface area (TPSA) is 81.3 Å². The summed E-state index contributed by atoms with van der Waals surface area (Å²) in [5, 5.41) is 14.0. The average Bonchev–Trinajstić information content (AvgIpc) is 3.43. The lowest BCUT2D eigenvalue weighted by molar-refractivity contribution is -0.121. The summed E-state index contributed by atoms with van der Waals surface area (Å²) < 4.78 is 4.50. The van der Waals surface area contributed by atoms with Crippen molar-refractivity contribution < 1.29 is 4.79 Å². The van der Waals surface area contributed by atoms with Gasteiger partial charge in [-0.3, -0.25) is 18.6 Å². The molecule has 4 saturated carbocycles. The number of amides is 1. The Kier molecular flexibility index (Phi) is 5.98. The zero-order valence-electron chi connectivity index (χ0n) is 21.0. The Hall–Kier alpha value is -2.22. The molecule has 35 heavy (non-hydrogen) atoms. The molecular formula is C27H37N5O2S. The number of thiophene rings is 1. The molecule has 0 saturated heterocycles. The van der Waals surface area contributed by atoms with Crippen LogP contribution in [0.5, 0.6) is 0 Å². The van der Waals surface area contributed by atoms with Gasteiger partial charge in [0.2, 0.25) is 11.7 Å². The van der Waals surface area contributed by atoms with Crippen LogP contribution in [0.15, 0.2) is 16.2 Å². The van der Waals surface area contributed by atoms with Crippen molar-refractivity contribution in [1.82, 2.24) is 24.5 Å². The van der Waals surface area contributed by atoms with Gasteiger partial charge in [0.1, 0.15) is 10.5 Å². The molecule has 8 heteroatoms. The van der Waals surface area contributed by atoms with Crippen LogP contribution in [0.4, 0.5) is 0 Å². The molecule has 0 aromatic carbocycles. The van der Waals surface area contributed by atoms with E-state index < -0.39 is 0 Å². The van der Waals surface area contributed by atoms with Crippen LogP contribution in [-0.2, 0) is 17.8 Å². The fraction of sp³-hybridized carbons (Fsp3) is 0.704. The van der Waals surface area contributed by atoms with Crippen molar-refractivity contribution in [3.8, 4) is 0 Å². The number of fused-ring (bicyclic) bond motifs is 3. The Morgan fingerprint density at radius 3 is 2.57 bits per heavy atom. The van der Waals surface area contributed by atoms with Gasteiger partial charge in [0, 0.05) is 25.9 Å². The average molecular weight is 496 g/mol. The Morgan fingerprint density at radius 2 is 1.89 bits per heavy atom. The standard InChI is InChI=1S/C27H37N5O2S/c1-17(2)16-31-25(34)24-21(6-9-35-24)32-22(29-30-26(31)32)4-3-5-23(33)28-8-7-27-13-18-10-19(14-27)12-20(11-18)15-27/h6,9,17-20H,3-5,7-8,10-16H2,1-2H3,(H,28,33). The van der Waals surface area contributed by atoms with Crippen molar-refractivity contribution in [2.24, 2.45) is 29.1 Å². The van der Waals surface area contributed by atoms with E-state index in [2.05, 4.69) is 29.4 Å². The Labute approximate surface area is 210 Å². The lowest BCUT2D eigenvalue weighted by Gasteiger charge is -2.57. The maximum atomic E-state index is 13.0. The maximum absolute atomic E-state index is 13.0. The van der Waals surface area contributed by atoms with Crippen LogP contribution >= 0.6 is 11.3 Å². The summed E-state index contributed by atoms with van der Waals surface area (Å²) >= 11 is 1.47. The fourth-order valence-corrected chi connectivity index (χ4v) is 8.66. The lowest BCUT2D eigenvalue weighted by atomic mass is 9.49. The van der Waals surface area contributed by atoms with Gasteiger partial charge in [0.05, 0.1) is 5.52 Å². The summed E-state index contributed by atoms with van der Waals surface area (Å²) in [6.07, 6.45) is 11.6. The second kappa shape index (κ2) is 9.02. The van der Waals surface area contributed by atoms with E-state index in [0.717, 1.165) is 53.2 Å².